The molecule has 7 nitrogen and oxygen atoms in total. The van der Waals surface area contributed by atoms with Crippen molar-refractivity contribution in [1.29, 1.82) is 0 Å². The first-order chi connectivity index (χ1) is 13.6. The summed E-state index contributed by atoms with van der Waals surface area (Å²) in [5.41, 5.74) is 0.339. The summed E-state index contributed by atoms with van der Waals surface area (Å²) in [6, 6.07) is 3.44. The molecule has 0 unspecified atom stereocenters. The minimum atomic E-state index is -0.196. The summed E-state index contributed by atoms with van der Waals surface area (Å²) in [4.78, 5) is 45.6. The van der Waals surface area contributed by atoms with Crippen molar-refractivity contribution in [3.63, 3.8) is 0 Å². The van der Waals surface area contributed by atoms with E-state index in [0.29, 0.717) is 17.5 Å². The number of hydrogen-bond acceptors (Lipinski definition) is 4. The van der Waals surface area contributed by atoms with Crippen LogP contribution in [0.1, 0.15) is 48.9 Å². The zero-order chi connectivity index (χ0) is 19.5. The fourth-order valence-electron chi connectivity index (χ4n) is 4.90. The van der Waals surface area contributed by atoms with Crippen LogP contribution >= 0.6 is 0 Å². The van der Waals surface area contributed by atoms with Crippen LogP contribution in [-0.4, -0.2) is 76.8 Å². The molecule has 1 atom stereocenters. The molecule has 1 N–H and O–H groups in total. The predicted molar refractivity (Wildman–Crippen MR) is 106 cm³/mol. The summed E-state index contributed by atoms with van der Waals surface area (Å²) in [5.74, 6) is 0.482. The maximum atomic E-state index is 12.8. The molecular weight excluding hydrogens is 356 g/mol. The predicted octanol–water partition coefficient (Wildman–Crippen LogP) is 1.31. The molecule has 2 amide bonds. The largest absolute Gasteiger partial charge is 0.342 e. The lowest BCUT2D eigenvalue weighted by Crippen LogP contribution is -2.51. The Bertz CT molecular complexity index is 743. The van der Waals surface area contributed by atoms with E-state index in [4.69, 9.17) is 0 Å². The van der Waals surface area contributed by atoms with Gasteiger partial charge in [0, 0.05) is 51.0 Å². The molecule has 3 saturated heterocycles. The lowest BCUT2D eigenvalue weighted by molar-refractivity contribution is -0.136. The number of carbonyl (C=O) groups excluding carboxylic acids is 2. The number of piperidine rings is 2. The van der Waals surface area contributed by atoms with Crippen molar-refractivity contribution in [3.8, 4) is 0 Å². The Kier molecular flexibility index (Phi) is 5.80. The van der Waals surface area contributed by atoms with E-state index < -0.39 is 0 Å². The Morgan fingerprint density at radius 3 is 2.32 bits per heavy atom. The summed E-state index contributed by atoms with van der Waals surface area (Å²) in [6.07, 6.45) is 7.76. The van der Waals surface area contributed by atoms with Gasteiger partial charge in [0.2, 0.25) is 11.5 Å². The molecule has 1 aromatic heterocycles. The van der Waals surface area contributed by atoms with Crippen LogP contribution in [-0.2, 0) is 4.79 Å². The molecule has 28 heavy (non-hydrogen) atoms. The van der Waals surface area contributed by atoms with Gasteiger partial charge in [-0.3, -0.25) is 19.3 Å². The number of aromatic amines is 1. The molecule has 0 aliphatic carbocycles. The SMILES string of the molecule is O=C(c1ccc(=O)[nH]c1)N1CCC(N2CCC[C@@H](C(=O)N3CCCC3)C2)CC1. The van der Waals surface area contributed by atoms with Crippen LogP contribution in [0.4, 0.5) is 0 Å². The Hall–Kier alpha value is -2.15. The fourth-order valence-corrected chi connectivity index (χ4v) is 4.90. The van der Waals surface area contributed by atoms with Crippen LogP contribution in [0.2, 0.25) is 0 Å². The van der Waals surface area contributed by atoms with Crippen molar-refractivity contribution in [3.05, 3.63) is 34.2 Å². The second kappa shape index (κ2) is 8.47. The van der Waals surface area contributed by atoms with Gasteiger partial charge in [-0.15, -0.1) is 0 Å². The Morgan fingerprint density at radius 1 is 0.893 bits per heavy atom. The Labute approximate surface area is 165 Å². The summed E-state index contributed by atoms with van der Waals surface area (Å²) in [7, 11) is 0. The van der Waals surface area contributed by atoms with E-state index in [2.05, 4.69) is 14.8 Å². The third kappa shape index (κ3) is 4.14. The van der Waals surface area contributed by atoms with Gasteiger partial charge >= 0.3 is 0 Å². The number of rotatable bonds is 3. The Balaban J connectivity index is 1.30. The zero-order valence-corrected chi connectivity index (χ0v) is 16.4. The maximum Gasteiger partial charge on any atom is 0.255 e. The molecule has 1 aromatic rings. The molecule has 3 aliphatic rings. The van der Waals surface area contributed by atoms with Crippen LogP contribution in [0, 0.1) is 5.92 Å². The second-order valence-electron chi connectivity index (χ2n) is 8.33. The van der Waals surface area contributed by atoms with Crippen LogP contribution in [0.15, 0.2) is 23.1 Å². The van der Waals surface area contributed by atoms with Gasteiger partial charge in [0.1, 0.15) is 0 Å². The molecule has 0 spiro atoms. The van der Waals surface area contributed by atoms with Crippen molar-refractivity contribution in [2.75, 3.05) is 39.3 Å². The van der Waals surface area contributed by atoms with E-state index in [1.54, 1.807) is 6.07 Å². The lowest BCUT2D eigenvalue weighted by Gasteiger charge is -2.42. The molecule has 3 aliphatic heterocycles. The highest BCUT2D eigenvalue weighted by Gasteiger charge is 2.34. The maximum absolute atomic E-state index is 12.8. The highest BCUT2D eigenvalue weighted by Crippen LogP contribution is 2.26. The molecule has 152 valence electrons. The molecule has 0 aromatic carbocycles. The fraction of sp³-hybridized carbons (Fsp3) is 0.667. The molecule has 0 saturated carbocycles. The first-order valence-electron chi connectivity index (χ1n) is 10.6. The third-order valence-corrected chi connectivity index (χ3v) is 6.52. The number of pyridine rings is 1. The van der Waals surface area contributed by atoms with Gasteiger partial charge in [0.05, 0.1) is 11.5 Å². The van der Waals surface area contributed by atoms with Crippen molar-refractivity contribution in [1.82, 2.24) is 19.7 Å². The quantitative estimate of drug-likeness (QED) is 0.850. The van der Waals surface area contributed by atoms with Crippen LogP contribution in [0.3, 0.4) is 0 Å². The highest BCUT2D eigenvalue weighted by molar-refractivity contribution is 5.93. The number of H-pyrrole nitrogens is 1. The summed E-state index contributed by atoms with van der Waals surface area (Å²) in [5, 5.41) is 0. The van der Waals surface area contributed by atoms with E-state index in [1.165, 1.54) is 12.3 Å². The molecule has 0 bridgehead atoms. The molecule has 4 rings (SSSR count). The van der Waals surface area contributed by atoms with E-state index in [0.717, 1.165) is 77.8 Å². The van der Waals surface area contributed by atoms with Gasteiger partial charge in [-0.05, 0) is 51.1 Å². The average molecular weight is 386 g/mol. The number of nitrogens with one attached hydrogen (secondary N) is 1. The monoisotopic (exact) mass is 386 g/mol. The van der Waals surface area contributed by atoms with Crippen molar-refractivity contribution < 1.29 is 9.59 Å². The first-order valence-corrected chi connectivity index (χ1v) is 10.6. The highest BCUT2D eigenvalue weighted by atomic mass is 16.2. The second-order valence-corrected chi connectivity index (χ2v) is 8.33. The number of likely N-dealkylation sites (tertiary alicyclic amines) is 3. The standard InChI is InChI=1S/C21H30N4O3/c26-19-6-5-16(14-22-19)20(27)24-12-7-18(8-13-24)25-11-3-4-17(15-25)21(28)23-9-1-2-10-23/h5-6,14,17-18H,1-4,7-13,15H2,(H,22,26)/t17-/m1/s1. The molecule has 0 radical (unpaired) electrons. The van der Waals surface area contributed by atoms with Crippen molar-refractivity contribution in [2.24, 2.45) is 5.92 Å². The smallest absolute Gasteiger partial charge is 0.255 e. The van der Waals surface area contributed by atoms with Gasteiger partial charge in [-0.2, -0.15) is 0 Å². The third-order valence-electron chi connectivity index (χ3n) is 6.52. The first kappa shape index (κ1) is 19.2. The molecule has 7 heteroatoms. The lowest BCUT2D eigenvalue weighted by atomic mass is 9.92. The summed E-state index contributed by atoms with van der Waals surface area (Å²) < 4.78 is 0. The average Bonchev–Trinajstić information content (AvgIpc) is 3.28. The number of aromatic nitrogens is 1. The van der Waals surface area contributed by atoms with Crippen LogP contribution < -0.4 is 5.56 Å². The van der Waals surface area contributed by atoms with E-state index in [9.17, 15) is 14.4 Å². The summed E-state index contributed by atoms with van der Waals surface area (Å²) >= 11 is 0. The molecular formula is C21H30N4O3. The van der Waals surface area contributed by atoms with E-state index in [1.807, 2.05) is 4.90 Å². The molecule has 3 fully saturated rings. The van der Waals surface area contributed by atoms with Gasteiger partial charge in [0.25, 0.3) is 5.91 Å². The normalized spacial score (nSPS) is 24.5. The minimum Gasteiger partial charge on any atom is -0.342 e. The van der Waals surface area contributed by atoms with Gasteiger partial charge in [0.15, 0.2) is 0 Å². The zero-order valence-electron chi connectivity index (χ0n) is 16.4. The van der Waals surface area contributed by atoms with Crippen molar-refractivity contribution in [2.45, 2.75) is 44.6 Å². The topological polar surface area (TPSA) is 76.7 Å². The number of carbonyl (C=O) groups is 2. The van der Waals surface area contributed by atoms with E-state index in [-0.39, 0.29) is 17.4 Å². The van der Waals surface area contributed by atoms with Gasteiger partial charge in [-0.25, -0.2) is 0 Å². The van der Waals surface area contributed by atoms with Gasteiger partial charge < -0.3 is 14.8 Å². The number of amides is 2. The van der Waals surface area contributed by atoms with E-state index >= 15 is 0 Å². The number of hydrogen-bond donors (Lipinski definition) is 1. The number of nitrogens with zero attached hydrogens (tertiary/aromatic N) is 3. The minimum absolute atomic E-state index is 0.0181. The summed E-state index contributed by atoms with van der Waals surface area (Å²) in [6.45, 7) is 5.24. The molecule has 4 heterocycles. The van der Waals surface area contributed by atoms with Crippen molar-refractivity contribution >= 4 is 11.8 Å². The van der Waals surface area contributed by atoms with Crippen LogP contribution in [0.25, 0.3) is 0 Å². The van der Waals surface area contributed by atoms with Gasteiger partial charge in [-0.1, -0.05) is 0 Å². The Morgan fingerprint density at radius 2 is 1.64 bits per heavy atom. The van der Waals surface area contributed by atoms with Crippen LogP contribution in [0.5, 0.6) is 0 Å².